The van der Waals surface area contributed by atoms with Crippen LogP contribution in [0.5, 0.6) is 0 Å². The van der Waals surface area contributed by atoms with E-state index >= 15 is 0 Å². The monoisotopic (exact) mass is 278 g/mol. The maximum absolute atomic E-state index is 9.26. The minimum Gasteiger partial charge on any atom is -0.368 e. The Bertz CT molecular complexity index is 256. The quantitative estimate of drug-likeness (QED) is 0.292. The molecule has 0 spiro atoms. The Morgan fingerprint density at radius 1 is 1.21 bits per heavy atom. The highest BCUT2D eigenvalue weighted by Crippen LogP contribution is 2.24. The molecule has 0 aliphatic heterocycles. The van der Waals surface area contributed by atoms with Gasteiger partial charge >= 0.3 is 0 Å². The van der Waals surface area contributed by atoms with Crippen LogP contribution in [0.3, 0.4) is 0 Å². The largest absolute Gasteiger partial charge is 0.368 e. The van der Waals surface area contributed by atoms with E-state index < -0.39 is 18.0 Å². The molecule has 0 heterocycles. The molecule has 114 valence electrons. The number of hydrogen-bond donors (Lipinski definition) is 3. The zero-order valence-corrected chi connectivity index (χ0v) is 12.0. The summed E-state index contributed by atoms with van der Waals surface area (Å²) in [6.45, 7) is 9.53. The van der Waals surface area contributed by atoms with Gasteiger partial charge in [0.25, 0.3) is 0 Å². The zero-order valence-electron chi connectivity index (χ0n) is 12.0. The highest BCUT2D eigenvalue weighted by molar-refractivity contribution is 4.91. The third kappa shape index (κ3) is 7.61. The molecule has 0 rings (SSSR count). The first kappa shape index (κ1) is 18.5. The number of hydrogen-bond acceptors (Lipinski definition) is 6. The molecule has 0 aromatic heterocycles. The summed E-state index contributed by atoms with van der Waals surface area (Å²) in [5.74, 6) is 0. The van der Waals surface area contributed by atoms with Crippen LogP contribution in [0.1, 0.15) is 27.2 Å². The average molecular weight is 278 g/mol. The van der Waals surface area contributed by atoms with Crippen LogP contribution in [0.2, 0.25) is 0 Å². The van der Waals surface area contributed by atoms with Crippen molar-refractivity contribution in [3.8, 4) is 0 Å². The number of aliphatic hydroxyl groups excluding tert-OH is 2. The molecule has 0 bridgehead atoms. The Morgan fingerprint density at radius 2 is 1.84 bits per heavy atom. The van der Waals surface area contributed by atoms with Crippen LogP contribution in [0.15, 0.2) is 12.2 Å². The number of rotatable bonds is 11. The number of aliphatic hydroxyl groups is 3. The summed E-state index contributed by atoms with van der Waals surface area (Å²) >= 11 is 0. The van der Waals surface area contributed by atoms with E-state index in [9.17, 15) is 15.3 Å². The van der Waals surface area contributed by atoms with Crippen molar-refractivity contribution >= 4 is 0 Å². The maximum atomic E-state index is 9.26. The van der Waals surface area contributed by atoms with Crippen molar-refractivity contribution < 1.29 is 29.5 Å². The van der Waals surface area contributed by atoms with E-state index in [1.165, 1.54) is 0 Å². The van der Waals surface area contributed by atoms with Crippen molar-refractivity contribution in [1.29, 1.82) is 0 Å². The summed E-state index contributed by atoms with van der Waals surface area (Å²) in [6.07, 6.45) is -1.82. The molecular formula is C13H26O6. The highest BCUT2D eigenvalue weighted by atomic mass is 16.7. The molecule has 0 aliphatic carbocycles. The van der Waals surface area contributed by atoms with Gasteiger partial charge in [0.15, 0.2) is 12.6 Å². The van der Waals surface area contributed by atoms with Crippen molar-refractivity contribution in [1.82, 2.24) is 0 Å². The molecule has 6 nitrogen and oxygen atoms in total. The fourth-order valence-corrected chi connectivity index (χ4v) is 1.11. The Morgan fingerprint density at radius 3 is 2.32 bits per heavy atom. The molecule has 2 atom stereocenters. The van der Waals surface area contributed by atoms with Crippen molar-refractivity contribution in [2.75, 3.05) is 26.6 Å². The average Bonchev–Trinajstić information content (AvgIpc) is 2.36. The molecule has 0 amide bonds. The predicted molar refractivity (Wildman–Crippen MR) is 70.2 cm³/mol. The van der Waals surface area contributed by atoms with Gasteiger partial charge in [-0.15, -0.1) is 0 Å². The van der Waals surface area contributed by atoms with E-state index in [0.717, 1.165) is 0 Å². The van der Waals surface area contributed by atoms with Gasteiger partial charge in [-0.25, -0.2) is 0 Å². The second kappa shape index (κ2) is 9.41. The predicted octanol–water partition coefficient (Wildman–Crippen LogP) is 0.615. The molecule has 6 heteroatoms. The van der Waals surface area contributed by atoms with Crippen molar-refractivity contribution in [2.45, 2.75) is 39.8 Å². The Hall–Kier alpha value is -0.500. The molecule has 3 N–H and O–H groups in total. The minimum absolute atomic E-state index is 0.0365. The lowest BCUT2D eigenvalue weighted by molar-refractivity contribution is -0.175. The Labute approximate surface area is 114 Å². The van der Waals surface area contributed by atoms with Crippen LogP contribution in [0.25, 0.3) is 0 Å². The van der Waals surface area contributed by atoms with Crippen LogP contribution in [-0.4, -0.2) is 54.5 Å². The van der Waals surface area contributed by atoms with Crippen molar-refractivity contribution in [2.24, 2.45) is 5.41 Å². The Balaban J connectivity index is 3.58. The SMILES string of the molecule is C=C(C)C(O)OCCOCOCC(C)(CC)C(O)O. The summed E-state index contributed by atoms with van der Waals surface area (Å²) in [4.78, 5) is 0. The van der Waals surface area contributed by atoms with Crippen LogP contribution in [0.4, 0.5) is 0 Å². The third-order valence-electron chi connectivity index (χ3n) is 2.95. The van der Waals surface area contributed by atoms with Crippen molar-refractivity contribution in [3.05, 3.63) is 12.2 Å². The van der Waals surface area contributed by atoms with E-state index in [0.29, 0.717) is 12.0 Å². The molecule has 0 aliphatic rings. The topological polar surface area (TPSA) is 88.4 Å². The highest BCUT2D eigenvalue weighted by Gasteiger charge is 2.30. The van der Waals surface area contributed by atoms with Gasteiger partial charge in [0.2, 0.25) is 0 Å². The van der Waals surface area contributed by atoms with Gasteiger partial charge < -0.3 is 29.5 Å². The van der Waals surface area contributed by atoms with Gasteiger partial charge in [0, 0.05) is 5.41 Å². The Kier molecular flexibility index (Phi) is 9.16. The molecule has 0 saturated heterocycles. The van der Waals surface area contributed by atoms with E-state index in [4.69, 9.17) is 14.2 Å². The van der Waals surface area contributed by atoms with Gasteiger partial charge in [0.1, 0.15) is 6.79 Å². The standard InChI is InChI=1S/C13H26O6/c1-5-13(4,12(15)16)8-18-9-17-6-7-19-11(14)10(2)3/h11-12,14-16H,2,5-9H2,1,3-4H3. The maximum Gasteiger partial charge on any atom is 0.176 e. The molecular weight excluding hydrogens is 252 g/mol. The first-order valence-electron chi connectivity index (χ1n) is 6.30. The fourth-order valence-electron chi connectivity index (χ4n) is 1.11. The molecule has 19 heavy (non-hydrogen) atoms. The molecule has 0 aromatic rings. The molecule has 0 aromatic carbocycles. The van der Waals surface area contributed by atoms with Gasteiger partial charge in [-0.05, 0) is 18.9 Å². The second-order valence-corrected chi connectivity index (χ2v) is 4.83. The summed E-state index contributed by atoms with van der Waals surface area (Å²) < 4.78 is 15.4. The van der Waals surface area contributed by atoms with E-state index in [-0.39, 0.29) is 26.6 Å². The van der Waals surface area contributed by atoms with Crippen LogP contribution in [0, 0.1) is 5.41 Å². The van der Waals surface area contributed by atoms with Crippen molar-refractivity contribution in [3.63, 3.8) is 0 Å². The smallest absolute Gasteiger partial charge is 0.176 e. The normalized spacial score (nSPS) is 16.4. The minimum atomic E-state index is -1.42. The summed E-state index contributed by atoms with van der Waals surface area (Å²) in [5.41, 5.74) is -0.164. The van der Waals surface area contributed by atoms with Gasteiger partial charge in [-0.3, -0.25) is 0 Å². The summed E-state index contributed by atoms with van der Waals surface area (Å²) in [5, 5.41) is 27.7. The molecule has 0 radical (unpaired) electrons. The summed E-state index contributed by atoms with van der Waals surface area (Å²) in [6, 6.07) is 0. The lowest BCUT2D eigenvalue weighted by Gasteiger charge is -2.29. The van der Waals surface area contributed by atoms with Crippen LogP contribution >= 0.6 is 0 Å². The fraction of sp³-hybridized carbons (Fsp3) is 0.846. The number of ether oxygens (including phenoxy) is 3. The first-order valence-corrected chi connectivity index (χ1v) is 6.30. The lowest BCUT2D eigenvalue weighted by atomic mass is 9.88. The molecule has 0 fully saturated rings. The third-order valence-corrected chi connectivity index (χ3v) is 2.95. The molecule has 2 unspecified atom stereocenters. The van der Waals surface area contributed by atoms with Gasteiger partial charge in [-0.1, -0.05) is 20.4 Å². The lowest BCUT2D eigenvalue weighted by Crippen LogP contribution is -2.36. The van der Waals surface area contributed by atoms with Crippen LogP contribution < -0.4 is 0 Å². The van der Waals surface area contributed by atoms with E-state index in [1.807, 2.05) is 6.92 Å². The van der Waals surface area contributed by atoms with Gasteiger partial charge in [-0.2, -0.15) is 0 Å². The van der Waals surface area contributed by atoms with E-state index in [2.05, 4.69) is 6.58 Å². The first-order chi connectivity index (χ1) is 8.83. The molecule has 0 saturated carbocycles. The van der Waals surface area contributed by atoms with Gasteiger partial charge in [0.05, 0.1) is 19.8 Å². The second-order valence-electron chi connectivity index (χ2n) is 4.83. The summed E-state index contributed by atoms with van der Waals surface area (Å²) in [7, 11) is 0. The van der Waals surface area contributed by atoms with E-state index in [1.54, 1.807) is 13.8 Å². The zero-order chi connectivity index (χ0) is 14.9. The van der Waals surface area contributed by atoms with Crippen LogP contribution in [-0.2, 0) is 14.2 Å².